The van der Waals surface area contributed by atoms with Crippen LogP contribution in [0.15, 0.2) is 46.1 Å². The number of hydrogen-bond donors (Lipinski definition) is 2. The number of aliphatic imine (C=N–C) groups is 1. The SMILES string of the molecule is CN=C(NCc1cccc(OCCN(C)CCOC)c1)NCC(C)c1ccsc1.I. The molecule has 1 aromatic carbocycles. The van der Waals surface area contributed by atoms with Crippen LogP contribution in [0.2, 0.25) is 0 Å². The van der Waals surface area contributed by atoms with Crippen LogP contribution in [0.5, 0.6) is 5.75 Å². The highest BCUT2D eigenvalue weighted by Gasteiger charge is 2.07. The molecule has 0 aliphatic carbocycles. The quantitative estimate of drug-likeness (QED) is 0.241. The number of nitrogens with zero attached hydrogens (tertiary/aromatic N) is 2. The van der Waals surface area contributed by atoms with Crippen LogP contribution in [0.25, 0.3) is 0 Å². The van der Waals surface area contributed by atoms with Gasteiger partial charge in [-0.25, -0.2) is 0 Å². The van der Waals surface area contributed by atoms with Gasteiger partial charge in [-0.3, -0.25) is 4.99 Å². The van der Waals surface area contributed by atoms with Crippen molar-refractivity contribution >= 4 is 41.3 Å². The Labute approximate surface area is 202 Å². The van der Waals surface area contributed by atoms with E-state index in [1.54, 1.807) is 25.5 Å². The number of guanidine groups is 1. The van der Waals surface area contributed by atoms with Gasteiger partial charge in [-0.15, -0.1) is 24.0 Å². The molecule has 0 saturated carbocycles. The predicted octanol–water partition coefficient (Wildman–Crippen LogP) is 3.79. The molecule has 2 aromatic rings. The molecule has 0 aliphatic rings. The average Bonchev–Trinajstić information content (AvgIpc) is 3.27. The first-order valence-electron chi connectivity index (χ1n) is 9.98. The number of nitrogens with one attached hydrogen (secondary N) is 2. The van der Waals surface area contributed by atoms with E-state index in [-0.39, 0.29) is 24.0 Å². The summed E-state index contributed by atoms with van der Waals surface area (Å²) < 4.78 is 11.0. The largest absolute Gasteiger partial charge is 0.492 e. The van der Waals surface area contributed by atoms with Gasteiger partial charge in [-0.05, 0) is 53.1 Å². The number of hydrogen-bond acceptors (Lipinski definition) is 5. The van der Waals surface area contributed by atoms with Gasteiger partial charge in [0.2, 0.25) is 0 Å². The second-order valence-electron chi connectivity index (χ2n) is 7.06. The van der Waals surface area contributed by atoms with E-state index in [4.69, 9.17) is 9.47 Å². The molecule has 0 aliphatic heterocycles. The third-order valence-electron chi connectivity index (χ3n) is 4.69. The molecule has 1 aromatic heterocycles. The highest BCUT2D eigenvalue weighted by atomic mass is 127. The first-order chi connectivity index (χ1) is 14.1. The summed E-state index contributed by atoms with van der Waals surface area (Å²) in [6.45, 7) is 6.91. The van der Waals surface area contributed by atoms with Crippen molar-refractivity contribution in [1.82, 2.24) is 15.5 Å². The fraction of sp³-hybridized carbons (Fsp3) is 0.500. The van der Waals surface area contributed by atoms with Gasteiger partial charge in [-0.2, -0.15) is 11.3 Å². The number of thiophene rings is 1. The summed E-state index contributed by atoms with van der Waals surface area (Å²) in [6.07, 6.45) is 0. The van der Waals surface area contributed by atoms with Crippen molar-refractivity contribution in [3.63, 3.8) is 0 Å². The minimum absolute atomic E-state index is 0. The molecule has 2 rings (SSSR count). The van der Waals surface area contributed by atoms with E-state index >= 15 is 0 Å². The number of rotatable bonds is 12. The lowest BCUT2D eigenvalue weighted by Crippen LogP contribution is -2.38. The molecule has 168 valence electrons. The zero-order valence-corrected chi connectivity index (χ0v) is 21.5. The van der Waals surface area contributed by atoms with E-state index in [0.717, 1.165) is 43.5 Å². The highest BCUT2D eigenvalue weighted by Crippen LogP contribution is 2.17. The maximum atomic E-state index is 5.90. The smallest absolute Gasteiger partial charge is 0.191 e. The van der Waals surface area contributed by atoms with Crippen LogP contribution >= 0.6 is 35.3 Å². The molecular weight excluding hydrogens is 511 g/mol. The van der Waals surface area contributed by atoms with E-state index in [0.29, 0.717) is 19.1 Å². The number of halogens is 1. The normalized spacial score (nSPS) is 12.4. The van der Waals surface area contributed by atoms with Crippen LogP contribution < -0.4 is 15.4 Å². The molecule has 6 nitrogen and oxygen atoms in total. The molecule has 30 heavy (non-hydrogen) atoms. The number of methoxy groups -OCH3 is 1. The van der Waals surface area contributed by atoms with Crippen molar-refractivity contribution in [2.24, 2.45) is 4.99 Å². The zero-order chi connectivity index (χ0) is 20.9. The Bertz CT molecular complexity index is 728. The molecule has 8 heteroatoms. The van der Waals surface area contributed by atoms with Crippen LogP contribution in [-0.4, -0.2) is 64.9 Å². The van der Waals surface area contributed by atoms with Crippen molar-refractivity contribution in [1.29, 1.82) is 0 Å². The minimum Gasteiger partial charge on any atom is -0.492 e. The molecule has 1 atom stereocenters. The number of likely N-dealkylation sites (N-methyl/N-ethyl adjacent to an activating group) is 1. The third kappa shape index (κ3) is 10.1. The fourth-order valence-corrected chi connectivity index (χ4v) is 3.54. The summed E-state index contributed by atoms with van der Waals surface area (Å²) in [6, 6.07) is 10.4. The van der Waals surface area contributed by atoms with Gasteiger partial charge >= 0.3 is 0 Å². The van der Waals surface area contributed by atoms with Crippen LogP contribution in [0.3, 0.4) is 0 Å². The summed E-state index contributed by atoms with van der Waals surface area (Å²) in [5.74, 6) is 2.13. The summed E-state index contributed by atoms with van der Waals surface area (Å²) in [5.41, 5.74) is 2.51. The summed E-state index contributed by atoms with van der Waals surface area (Å²) in [7, 11) is 5.59. The first-order valence-corrected chi connectivity index (χ1v) is 10.9. The lowest BCUT2D eigenvalue weighted by molar-refractivity contribution is 0.150. The van der Waals surface area contributed by atoms with Gasteiger partial charge in [-0.1, -0.05) is 19.1 Å². The standard InChI is InChI=1S/C22H34N4O2S.HI/c1-18(20-8-13-29-17-20)15-24-22(23-2)25-16-19-6-5-7-21(14-19)28-12-10-26(3)9-11-27-4;/h5-8,13-14,17-18H,9-12,15-16H2,1-4H3,(H2,23,24,25);1H. The van der Waals surface area contributed by atoms with Gasteiger partial charge in [0, 0.05) is 40.3 Å². The van der Waals surface area contributed by atoms with Crippen molar-refractivity contribution in [3.8, 4) is 5.75 Å². The topological polar surface area (TPSA) is 58.1 Å². The lowest BCUT2D eigenvalue weighted by Gasteiger charge is -2.17. The van der Waals surface area contributed by atoms with Crippen molar-refractivity contribution in [2.75, 3.05) is 54.1 Å². The van der Waals surface area contributed by atoms with Gasteiger partial charge in [0.15, 0.2) is 5.96 Å². The highest BCUT2D eigenvalue weighted by molar-refractivity contribution is 14.0. The number of benzene rings is 1. The molecule has 0 fully saturated rings. The molecule has 0 bridgehead atoms. The first kappa shape index (κ1) is 26.7. The Morgan fingerprint density at radius 2 is 2.00 bits per heavy atom. The molecule has 1 heterocycles. The van der Waals surface area contributed by atoms with E-state index < -0.39 is 0 Å². The van der Waals surface area contributed by atoms with Gasteiger partial charge in [0.05, 0.1) is 6.61 Å². The maximum absolute atomic E-state index is 5.90. The van der Waals surface area contributed by atoms with Crippen LogP contribution in [-0.2, 0) is 11.3 Å². The minimum atomic E-state index is 0. The van der Waals surface area contributed by atoms with E-state index in [2.05, 4.69) is 63.5 Å². The molecule has 1 unspecified atom stereocenters. The van der Waals surface area contributed by atoms with E-state index in [1.165, 1.54) is 5.56 Å². The van der Waals surface area contributed by atoms with Gasteiger partial charge < -0.3 is 25.0 Å². The van der Waals surface area contributed by atoms with E-state index in [1.807, 2.05) is 12.1 Å². The Balaban J connectivity index is 0.00000450. The average molecular weight is 547 g/mol. The van der Waals surface area contributed by atoms with Gasteiger partial charge in [0.1, 0.15) is 12.4 Å². The molecule has 0 radical (unpaired) electrons. The Hall–Kier alpha value is -1.36. The summed E-state index contributed by atoms with van der Waals surface area (Å²) >= 11 is 1.73. The van der Waals surface area contributed by atoms with Crippen molar-refractivity contribution < 1.29 is 9.47 Å². The van der Waals surface area contributed by atoms with Crippen molar-refractivity contribution in [2.45, 2.75) is 19.4 Å². The molecule has 0 saturated heterocycles. The summed E-state index contributed by atoms with van der Waals surface area (Å²) in [4.78, 5) is 6.52. The molecule has 2 N–H and O–H groups in total. The zero-order valence-electron chi connectivity index (χ0n) is 18.4. The Morgan fingerprint density at radius 1 is 1.20 bits per heavy atom. The predicted molar refractivity (Wildman–Crippen MR) is 138 cm³/mol. The van der Waals surface area contributed by atoms with E-state index in [9.17, 15) is 0 Å². The van der Waals surface area contributed by atoms with Crippen molar-refractivity contribution in [3.05, 3.63) is 52.2 Å². The van der Waals surface area contributed by atoms with Crippen LogP contribution in [0, 0.1) is 0 Å². The maximum Gasteiger partial charge on any atom is 0.191 e. The molecular formula is C22H35IN4O2S. The van der Waals surface area contributed by atoms with Gasteiger partial charge in [0.25, 0.3) is 0 Å². The third-order valence-corrected chi connectivity index (χ3v) is 5.39. The molecule has 0 spiro atoms. The Morgan fingerprint density at radius 3 is 2.70 bits per heavy atom. The van der Waals surface area contributed by atoms with Crippen LogP contribution in [0.4, 0.5) is 0 Å². The number of ether oxygens (including phenoxy) is 2. The monoisotopic (exact) mass is 546 g/mol. The summed E-state index contributed by atoms with van der Waals surface area (Å²) in [5, 5.41) is 11.1. The lowest BCUT2D eigenvalue weighted by atomic mass is 10.1. The molecule has 0 amide bonds. The van der Waals surface area contributed by atoms with Crippen LogP contribution in [0.1, 0.15) is 24.0 Å². The second-order valence-corrected chi connectivity index (χ2v) is 7.84. The fourth-order valence-electron chi connectivity index (χ4n) is 2.75. The second kappa shape index (κ2) is 15.4. The Kier molecular flexibility index (Phi) is 13.7.